The highest BCUT2D eigenvalue weighted by Crippen LogP contribution is 2.35. The van der Waals surface area contributed by atoms with E-state index in [-0.39, 0.29) is 17.2 Å². The van der Waals surface area contributed by atoms with Gasteiger partial charge in [0, 0.05) is 27.9 Å². The summed E-state index contributed by atoms with van der Waals surface area (Å²) in [6.45, 7) is 8.36. The van der Waals surface area contributed by atoms with Crippen LogP contribution in [0.1, 0.15) is 56.8 Å². The van der Waals surface area contributed by atoms with Crippen LogP contribution in [0.15, 0.2) is 146 Å². The molecule has 0 heterocycles. The van der Waals surface area contributed by atoms with Gasteiger partial charge in [-0.1, -0.05) is 73.5 Å². The van der Waals surface area contributed by atoms with Gasteiger partial charge in [0.15, 0.2) is 0 Å². The predicted octanol–water partition coefficient (Wildman–Crippen LogP) is 10.7. The lowest BCUT2D eigenvalue weighted by molar-refractivity contribution is 0.101. The number of ether oxygens (including phenoxy) is 2. The number of rotatable bonds is 10. The molecule has 0 aliphatic heterocycles. The van der Waals surface area contributed by atoms with Gasteiger partial charge in [-0.05, 0) is 122 Å². The maximum Gasteiger partial charge on any atom is 0.255 e. The van der Waals surface area contributed by atoms with E-state index in [9.17, 15) is 9.59 Å². The molecule has 0 spiro atoms. The Labute approximate surface area is 287 Å². The SMILES string of the molecule is Cc1ccc(C(=O)Nc2ccc(Oc3ccc(C(C)(C)c4ccc(Oc5ccc(NC(=O)c6ccc(C)cc6)cc5)cc4)cc3)cc2)cc1. The summed E-state index contributed by atoms with van der Waals surface area (Å²) in [6.07, 6.45) is 0. The van der Waals surface area contributed by atoms with Crippen LogP contribution >= 0.6 is 0 Å². The first-order chi connectivity index (χ1) is 23.6. The molecule has 6 aromatic rings. The van der Waals surface area contributed by atoms with E-state index < -0.39 is 0 Å². The maximum absolute atomic E-state index is 12.5. The number of hydrogen-bond acceptors (Lipinski definition) is 4. The van der Waals surface area contributed by atoms with Crippen molar-refractivity contribution in [1.29, 1.82) is 0 Å². The molecule has 6 nitrogen and oxygen atoms in total. The summed E-state index contributed by atoms with van der Waals surface area (Å²) in [5.74, 6) is 2.50. The average Bonchev–Trinajstić information content (AvgIpc) is 3.11. The van der Waals surface area contributed by atoms with E-state index in [2.05, 4.69) is 48.7 Å². The third-order valence-corrected chi connectivity index (χ3v) is 8.48. The largest absolute Gasteiger partial charge is 0.457 e. The average molecular weight is 647 g/mol. The Bertz CT molecular complexity index is 1880. The Balaban J connectivity index is 1.02. The molecule has 244 valence electrons. The number of aryl methyl sites for hydroxylation is 2. The molecule has 6 rings (SSSR count). The molecule has 0 atom stereocenters. The fraction of sp³-hybridized carbons (Fsp3) is 0.116. The molecule has 49 heavy (non-hydrogen) atoms. The summed E-state index contributed by atoms with van der Waals surface area (Å²) in [5.41, 5.74) is 6.87. The van der Waals surface area contributed by atoms with Gasteiger partial charge >= 0.3 is 0 Å². The van der Waals surface area contributed by atoms with Gasteiger partial charge in [0.25, 0.3) is 11.8 Å². The molecule has 0 unspecified atom stereocenters. The normalized spacial score (nSPS) is 11.0. The van der Waals surface area contributed by atoms with Crippen LogP contribution in [0.2, 0.25) is 0 Å². The van der Waals surface area contributed by atoms with Crippen LogP contribution < -0.4 is 20.1 Å². The lowest BCUT2D eigenvalue weighted by Crippen LogP contribution is -2.18. The second kappa shape index (κ2) is 14.3. The van der Waals surface area contributed by atoms with Gasteiger partial charge in [-0.25, -0.2) is 0 Å². The molecule has 0 bridgehead atoms. The summed E-state index contributed by atoms with van der Waals surface area (Å²) in [7, 11) is 0. The minimum Gasteiger partial charge on any atom is -0.457 e. The number of hydrogen-bond donors (Lipinski definition) is 2. The Morgan fingerprint density at radius 1 is 0.429 bits per heavy atom. The van der Waals surface area contributed by atoms with E-state index in [1.54, 1.807) is 0 Å². The maximum atomic E-state index is 12.5. The van der Waals surface area contributed by atoms with Crippen molar-refractivity contribution in [2.24, 2.45) is 0 Å². The molecule has 0 saturated heterocycles. The van der Waals surface area contributed by atoms with Crippen molar-refractivity contribution in [2.45, 2.75) is 33.1 Å². The van der Waals surface area contributed by atoms with E-state index in [4.69, 9.17) is 9.47 Å². The highest BCUT2D eigenvalue weighted by molar-refractivity contribution is 6.04. The monoisotopic (exact) mass is 646 g/mol. The van der Waals surface area contributed by atoms with Gasteiger partial charge in [0.1, 0.15) is 23.0 Å². The molecule has 0 aliphatic carbocycles. The molecule has 6 heteroatoms. The predicted molar refractivity (Wildman–Crippen MR) is 196 cm³/mol. The van der Waals surface area contributed by atoms with Gasteiger partial charge in [0.2, 0.25) is 0 Å². The number of nitrogens with one attached hydrogen (secondary N) is 2. The molecule has 0 aliphatic rings. The molecule has 2 N–H and O–H groups in total. The third kappa shape index (κ3) is 8.24. The number of benzene rings is 6. The van der Waals surface area contributed by atoms with Crippen molar-refractivity contribution in [3.05, 3.63) is 179 Å². The van der Waals surface area contributed by atoms with Gasteiger partial charge in [-0.2, -0.15) is 0 Å². The zero-order valence-electron chi connectivity index (χ0n) is 28.0. The molecule has 0 aromatic heterocycles. The van der Waals surface area contributed by atoms with Crippen LogP contribution in [0.5, 0.6) is 23.0 Å². The highest BCUT2D eigenvalue weighted by Gasteiger charge is 2.23. The minimum absolute atomic E-state index is 0.151. The van der Waals surface area contributed by atoms with Crippen LogP contribution in [0, 0.1) is 13.8 Å². The lowest BCUT2D eigenvalue weighted by atomic mass is 9.78. The first kappa shape index (κ1) is 32.8. The van der Waals surface area contributed by atoms with E-state index in [0.29, 0.717) is 34.0 Å². The van der Waals surface area contributed by atoms with Gasteiger partial charge < -0.3 is 20.1 Å². The summed E-state index contributed by atoms with van der Waals surface area (Å²) < 4.78 is 12.2. The van der Waals surface area contributed by atoms with Gasteiger partial charge in [-0.15, -0.1) is 0 Å². The van der Waals surface area contributed by atoms with E-state index >= 15 is 0 Å². The van der Waals surface area contributed by atoms with Crippen LogP contribution in [-0.2, 0) is 5.41 Å². The second-order valence-corrected chi connectivity index (χ2v) is 12.6. The van der Waals surface area contributed by atoms with Crippen molar-refractivity contribution in [1.82, 2.24) is 0 Å². The van der Waals surface area contributed by atoms with E-state index in [1.165, 1.54) is 0 Å². The van der Waals surface area contributed by atoms with Crippen molar-refractivity contribution < 1.29 is 19.1 Å². The Morgan fingerprint density at radius 3 is 1.02 bits per heavy atom. The second-order valence-electron chi connectivity index (χ2n) is 12.6. The zero-order chi connectivity index (χ0) is 34.4. The van der Waals surface area contributed by atoms with Gasteiger partial charge in [-0.3, -0.25) is 9.59 Å². The standard InChI is InChI=1S/C43H38N2O4/c1-29-5-9-31(10-6-29)41(46)44-35-17-25-39(26-18-35)48-37-21-13-33(14-22-37)43(3,4)34-15-23-38(24-16-34)49-40-27-19-36(20-28-40)45-42(47)32-11-7-30(2)8-12-32/h5-28H,1-4H3,(H,44,46)(H,45,47). The van der Waals surface area contributed by atoms with Crippen molar-refractivity contribution in [3.8, 4) is 23.0 Å². The van der Waals surface area contributed by atoms with Crippen LogP contribution in [0.3, 0.4) is 0 Å². The van der Waals surface area contributed by atoms with E-state index in [0.717, 1.165) is 33.8 Å². The summed E-state index contributed by atoms with van der Waals surface area (Å²) in [4.78, 5) is 25.1. The first-order valence-electron chi connectivity index (χ1n) is 16.2. The Hall–Kier alpha value is -6.14. The minimum atomic E-state index is -0.258. The smallest absolute Gasteiger partial charge is 0.255 e. The van der Waals surface area contributed by atoms with Crippen LogP contribution in [0.4, 0.5) is 11.4 Å². The zero-order valence-corrected chi connectivity index (χ0v) is 28.0. The molecule has 2 amide bonds. The molecule has 0 fully saturated rings. The van der Waals surface area contributed by atoms with Crippen molar-refractivity contribution in [3.63, 3.8) is 0 Å². The van der Waals surface area contributed by atoms with E-state index in [1.807, 2.05) is 135 Å². The Morgan fingerprint density at radius 2 is 0.714 bits per heavy atom. The molecular formula is C43H38N2O4. The quantitative estimate of drug-likeness (QED) is 0.155. The summed E-state index contributed by atoms with van der Waals surface area (Å²) in [6, 6.07) is 45.8. The summed E-state index contributed by atoms with van der Waals surface area (Å²) >= 11 is 0. The van der Waals surface area contributed by atoms with Crippen LogP contribution in [0.25, 0.3) is 0 Å². The fourth-order valence-electron chi connectivity index (χ4n) is 5.35. The first-order valence-corrected chi connectivity index (χ1v) is 16.2. The Kier molecular flexibility index (Phi) is 9.58. The summed E-state index contributed by atoms with van der Waals surface area (Å²) in [5, 5.41) is 5.84. The topological polar surface area (TPSA) is 76.7 Å². The third-order valence-electron chi connectivity index (χ3n) is 8.48. The number of carbonyl (C=O) groups excluding carboxylic acids is 2. The molecular weight excluding hydrogens is 608 g/mol. The van der Waals surface area contributed by atoms with Crippen molar-refractivity contribution in [2.75, 3.05) is 10.6 Å². The van der Waals surface area contributed by atoms with Gasteiger partial charge in [0.05, 0.1) is 0 Å². The van der Waals surface area contributed by atoms with Crippen LogP contribution in [-0.4, -0.2) is 11.8 Å². The van der Waals surface area contributed by atoms with Crippen molar-refractivity contribution >= 4 is 23.2 Å². The number of carbonyl (C=O) groups is 2. The molecule has 0 radical (unpaired) electrons. The molecule has 0 saturated carbocycles. The lowest BCUT2D eigenvalue weighted by Gasteiger charge is -2.26. The fourth-order valence-corrected chi connectivity index (χ4v) is 5.35. The highest BCUT2D eigenvalue weighted by atomic mass is 16.5. The number of anilines is 2. The number of amides is 2. The molecule has 6 aromatic carbocycles.